The minimum absolute atomic E-state index is 0.0676. The molecule has 2 atom stereocenters. The molecule has 2 aromatic carbocycles. The monoisotopic (exact) mass is 327 g/mol. The van der Waals surface area contributed by atoms with E-state index in [1.165, 1.54) is 0 Å². The van der Waals surface area contributed by atoms with E-state index in [2.05, 4.69) is 5.32 Å². The van der Waals surface area contributed by atoms with E-state index in [1.807, 2.05) is 61.5 Å². The molecule has 2 N–H and O–H groups in total. The summed E-state index contributed by atoms with van der Waals surface area (Å²) in [5.74, 6) is 0.557. The summed E-state index contributed by atoms with van der Waals surface area (Å²) in [4.78, 5) is 12.3. The van der Waals surface area contributed by atoms with Gasteiger partial charge in [0.2, 0.25) is 5.91 Å². The smallest absolute Gasteiger partial charge is 0.223 e. The number of ether oxygens (including phenoxy) is 1. The van der Waals surface area contributed by atoms with E-state index in [0.717, 1.165) is 16.9 Å². The van der Waals surface area contributed by atoms with Gasteiger partial charge in [0.25, 0.3) is 0 Å². The molecule has 0 saturated heterocycles. The molecule has 4 heteroatoms. The minimum Gasteiger partial charge on any atom is -0.497 e. The van der Waals surface area contributed by atoms with Gasteiger partial charge in [-0.2, -0.15) is 0 Å². The molecule has 0 aromatic heterocycles. The van der Waals surface area contributed by atoms with E-state index in [9.17, 15) is 9.90 Å². The summed E-state index contributed by atoms with van der Waals surface area (Å²) in [5, 5.41) is 13.4. The number of methoxy groups -OCH3 is 1. The zero-order valence-electron chi connectivity index (χ0n) is 14.5. The largest absolute Gasteiger partial charge is 0.497 e. The molecule has 0 saturated carbocycles. The van der Waals surface area contributed by atoms with Crippen molar-refractivity contribution in [2.24, 2.45) is 5.92 Å². The fraction of sp³-hybridized carbons (Fsp3) is 0.350. The Kier molecular flexibility index (Phi) is 5.99. The maximum Gasteiger partial charge on any atom is 0.223 e. The maximum atomic E-state index is 12.3. The van der Waals surface area contributed by atoms with Gasteiger partial charge in [-0.25, -0.2) is 0 Å². The third kappa shape index (κ3) is 4.83. The Balaban J connectivity index is 1.89. The molecule has 4 nitrogen and oxygen atoms in total. The molecular formula is C20H25NO3. The summed E-state index contributed by atoms with van der Waals surface area (Å²) < 4.78 is 5.13. The number of amides is 1. The molecule has 0 heterocycles. The number of rotatable bonds is 7. The first-order chi connectivity index (χ1) is 11.4. The van der Waals surface area contributed by atoms with E-state index in [-0.39, 0.29) is 18.4 Å². The minimum atomic E-state index is -1.09. The van der Waals surface area contributed by atoms with Crippen LogP contribution in [0.25, 0.3) is 0 Å². The van der Waals surface area contributed by atoms with Crippen LogP contribution in [0.2, 0.25) is 0 Å². The Morgan fingerprint density at radius 3 is 2.38 bits per heavy atom. The topological polar surface area (TPSA) is 58.6 Å². The second-order valence-corrected chi connectivity index (χ2v) is 6.31. The third-order valence-electron chi connectivity index (χ3n) is 4.15. The van der Waals surface area contributed by atoms with Gasteiger partial charge in [0, 0.05) is 5.92 Å². The van der Waals surface area contributed by atoms with Crippen LogP contribution in [-0.4, -0.2) is 24.7 Å². The van der Waals surface area contributed by atoms with Crippen LogP contribution in [0.5, 0.6) is 5.75 Å². The lowest BCUT2D eigenvalue weighted by atomic mass is 9.95. The molecule has 24 heavy (non-hydrogen) atoms. The quantitative estimate of drug-likeness (QED) is 0.822. The van der Waals surface area contributed by atoms with Crippen LogP contribution >= 0.6 is 0 Å². The van der Waals surface area contributed by atoms with E-state index < -0.39 is 5.60 Å². The second kappa shape index (κ2) is 7.97. The molecule has 0 bridgehead atoms. The lowest BCUT2D eigenvalue weighted by molar-refractivity contribution is -0.125. The zero-order chi connectivity index (χ0) is 17.6. The number of hydrogen-bond acceptors (Lipinski definition) is 3. The molecule has 2 unspecified atom stereocenters. The van der Waals surface area contributed by atoms with Gasteiger partial charge in [0.05, 0.1) is 13.7 Å². The number of benzene rings is 2. The summed E-state index contributed by atoms with van der Waals surface area (Å²) in [7, 11) is 1.63. The summed E-state index contributed by atoms with van der Waals surface area (Å²) in [6, 6.07) is 17.1. The van der Waals surface area contributed by atoms with Crippen molar-refractivity contribution in [1.29, 1.82) is 0 Å². The predicted octanol–water partition coefficient (Wildman–Crippen LogP) is 2.90. The molecule has 128 valence electrons. The van der Waals surface area contributed by atoms with E-state index in [1.54, 1.807) is 14.0 Å². The number of nitrogens with one attached hydrogen (secondary N) is 1. The normalized spacial score (nSPS) is 14.5. The van der Waals surface area contributed by atoms with Crippen LogP contribution in [-0.2, 0) is 16.8 Å². The fourth-order valence-electron chi connectivity index (χ4n) is 2.54. The highest BCUT2D eigenvalue weighted by atomic mass is 16.5. The van der Waals surface area contributed by atoms with Crippen molar-refractivity contribution in [3.05, 3.63) is 65.7 Å². The van der Waals surface area contributed by atoms with Gasteiger partial charge in [-0.3, -0.25) is 4.79 Å². The van der Waals surface area contributed by atoms with Crippen LogP contribution in [0, 0.1) is 5.92 Å². The summed E-state index contributed by atoms with van der Waals surface area (Å²) in [6.07, 6.45) is 0.642. The van der Waals surface area contributed by atoms with Crippen LogP contribution in [0.3, 0.4) is 0 Å². The lowest BCUT2D eigenvalue weighted by Crippen LogP contribution is -2.41. The molecule has 2 rings (SSSR count). The number of hydrogen-bond donors (Lipinski definition) is 2. The SMILES string of the molecule is COc1ccc(CC(C)C(=O)NCC(C)(O)c2ccccc2)cc1. The second-order valence-electron chi connectivity index (χ2n) is 6.31. The molecule has 1 amide bonds. The highest BCUT2D eigenvalue weighted by molar-refractivity contribution is 5.78. The van der Waals surface area contributed by atoms with Crippen molar-refractivity contribution in [3.8, 4) is 5.75 Å². The highest BCUT2D eigenvalue weighted by Crippen LogP contribution is 2.19. The molecular weight excluding hydrogens is 302 g/mol. The lowest BCUT2D eigenvalue weighted by Gasteiger charge is -2.25. The summed E-state index contributed by atoms with van der Waals surface area (Å²) in [6.45, 7) is 3.77. The maximum absolute atomic E-state index is 12.3. The third-order valence-corrected chi connectivity index (χ3v) is 4.15. The molecule has 0 aliphatic rings. The van der Waals surface area contributed by atoms with Crippen molar-refractivity contribution in [3.63, 3.8) is 0 Å². The molecule has 0 aliphatic carbocycles. The Morgan fingerprint density at radius 2 is 1.79 bits per heavy atom. The summed E-state index contributed by atoms with van der Waals surface area (Å²) >= 11 is 0. The average molecular weight is 327 g/mol. The number of carbonyl (C=O) groups excluding carboxylic acids is 1. The number of aliphatic hydroxyl groups is 1. The van der Waals surface area contributed by atoms with Crippen molar-refractivity contribution >= 4 is 5.91 Å². The first-order valence-electron chi connectivity index (χ1n) is 8.11. The van der Waals surface area contributed by atoms with E-state index in [0.29, 0.717) is 6.42 Å². The predicted molar refractivity (Wildman–Crippen MR) is 94.9 cm³/mol. The van der Waals surface area contributed by atoms with Crippen LogP contribution in [0.1, 0.15) is 25.0 Å². The molecule has 0 fully saturated rings. The van der Waals surface area contributed by atoms with Gasteiger partial charge < -0.3 is 15.2 Å². The standard InChI is InChI=1S/C20H25NO3/c1-15(13-16-9-11-18(24-3)12-10-16)19(22)21-14-20(2,23)17-7-5-4-6-8-17/h4-12,15,23H,13-14H2,1-3H3,(H,21,22). The Bertz CT molecular complexity index is 650. The van der Waals surface area contributed by atoms with Crippen LogP contribution < -0.4 is 10.1 Å². The van der Waals surface area contributed by atoms with Crippen molar-refractivity contribution in [2.45, 2.75) is 25.9 Å². The molecule has 0 radical (unpaired) electrons. The van der Waals surface area contributed by atoms with Crippen molar-refractivity contribution in [1.82, 2.24) is 5.32 Å². The van der Waals surface area contributed by atoms with E-state index in [4.69, 9.17) is 4.74 Å². The zero-order valence-corrected chi connectivity index (χ0v) is 14.5. The van der Waals surface area contributed by atoms with Crippen LogP contribution in [0.4, 0.5) is 0 Å². The van der Waals surface area contributed by atoms with E-state index >= 15 is 0 Å². The Hall–Kier alpha value is -2.33. The summed E-state index contributed by atoms with van der Waals surface area (Å²) in [5.41, 5.74) is 0.776. The first kappa shape index (κ1) is 18.0. The van der Waals surface area contributed by atoms with Crippen LogP contribution in [0.15, 0.2) is 54.6 Å². The van der Waals surface area contributed by atoms with Gasteiger partial charge in [-0.15, -0.1) is 0 Å². The Labute approximate surface area is 143 Å². The van der Waals surface area contributed by atoms with Gasteiger partial charge in [0.15, 0.2) is 0 Å². The van der Waals surface area contributed by atoms with Gasteiger partial charge in [-0.05, 0) is 36.6 Å². The van der Waals surface area contributed by atoms with Gasteiger partial charge >= 0.3 is 0 Å². The fourth-order valence-corrected chi connectivity index (χ4v) is 2.54. The first-order valence-corrected chi connectivity index (χ1v) is 8.11. The molecule has 0 aliphatic heterocycles. The van der Waals surface area contributed by atoms with Gasteiger partial charge in [-0.1, -0.05) is 49.4 Å². The highest BCUT2D eigenvalue weighted by Gasteiger charge is 2.24. The number of carbonyl (C=O) groups is 1. The van der Waals surface area contributed by atoms with Crippen molar-refractivity contribution in [2.75, 3.05) is 13.7 Å². The Morgan fingerprint density at radius 1 is 1.17 bits per heavy atom. The van der Waals surface area contributed by atoms with Crippen molar-refractivity contribution < 1.29 is 14.6 Å². The van der Waals surface area contributed by atoms with Gasteiger partial charge in [0.1, 0.15) is 11.4 Å². The molecule has 2 aromatic rings. The average Bonchev–Trinajstić information content (AvgIpc) is 2.61. The molecule has 0 spiro atoms.